The van der Waals surface area contributed by atoms with Crippen molar-refractivity contribution in [2.45, 2.75) is 174 Å². The van der Waals surface area contributed by atoms with Crippen molar-refractivity contribution < 1.29 is 119 Å². The highest BCUT2D eigenvalue weighted by Crippen LogP contribution is 2.37. The fraction of sp³-hybridized carbons (Fsp3) is 0.969. The summed E-state index contributed by atoms with van der Waals surface area (Å²) < 4.78 is 52.3. The number of amides is 1. The van der Waals surface area contributed by atoms with Gasteiger partial charge in [0.05, 0.1) is 32.0 Å². The molecule has 5 aliphatic rings. The van der Waals surface area contributed by atoms with Crippen LogP contribution in [-0.4, -0.2) is 251 Å². The smallest absolute Gasteiger partial charge is 0.217 e. The molecule has 332 valence electrons. The lowest BCUT2D eigenvalue weighted by Gasteiger charge is -2.51. The van der Waals surface area contributed by atoms with Gasteiger partial charge in [-0.15, -0.1) is 0 Å². The first-order valence-electron chi connectivity index (χ1n) is 18.3. The molecule has 5 heterocycles. The van der Waals surface area contributed by atoms with E-state index in [0.717, 1.165) is 6.92 Å². The number of ether oxygens (including phenoxy) is 9. The van der Waals surface area contributed by atoms with E-state index >= 15 is 0 Å². The molecule has 25 nitrogen and oxygen atoms in total. The van der Waals surface area contributed by atoms with Crippen LogP contribution in [0, 0.1) is 0 Å². The zero-order valence-corrected chi connectivity index (χ0v) is 30.9. The fourth-order valence-electron chi connectivity index (χ4n) is 7.28. The summed E-state index contributed by atoms with van der Waals surface area (Å²) in [5.41, 5.74) is 0. The molecule has 5 fully saturated rings. The molecule has 25 atom stereocenters. The molecule has 1 unspecified atom stereocenters. The van der Waals surface area contributed by atoms with Gasteiger partial charge in [-0.2, -0.15) is 0 Å². The number of aliphatic hydroxyl groups excluding tert-OH is 14. The van der Waals surface area contributed by atoms with Crippen LogP contribution in [-0.2, 0) is 47.4 Å². The summed E-state index contributed by atoms with van der Waals surface area (Å²) in [6, 6.07) is -1.62. The van der Waals surface area contributed by atoms with E-state index in [0.29, 0.717) is 0 Å². The lowest BCUT2D eigenvalue weighted by molar-refractivity contribution is -0.407. The number of nitrogens with one attached hydrogen (secondary N) is 1. The van der Waals surface area contributed by atoms with E-state index in [2.05, 4.69) is 5.32 Å². The normalized spacial score (nSPS) is 52.3. The fourth-order valence-corrected chi connectivity index (χ4v) is 7.28. The van der Waals surface area contributed by atoms with Crippen molar-refractivity contribution in [2.24, 2.45) is 0 Å². The molecule has 0 aromatic rings. The average Bonchev–Trinajstić information content (AvgIpc) is 3.18. The first-order valence-corrected chi connectivity index (χ1v) is 18.3. The van der Waals surface area contributed by atoms with Crippen molar-refractivity contribution in [3.05, 3.63) is 0 Å². The molecule has 0 aromatic heterocycles. The van der Waals surface area contributed by atoms with Crippen molar-refractivity contribution in [1.82, 2.24) is 5.32 Å². The first kappa shape index (κ1) is 46.6. The van der Waals surface area contributed by atoms with Crippen molar-refractivity contribution in [2.75, 3.05) is 19.8 Å². The van der Waals surface area contributed by atoms with Gasteiger partial charge in [0, 0.05) is 6.92 Å². The van der Waals surface area contributed by atoms with E-state index < -0.39 is 179 Å². The van der Waals surface area contributed by atoms with E-state index in [1.54, 1.807) is 0 Å². The summed E-state index contributed by atoms with van der Waals surface area (Å²) in [6.07, 6.45) is -42.9. The third-order valence-corrected chi connectivity index (χ3v) is 10.6. The molecule has 57 heavy (non-hydrogen) atoms. The minimum atomic E-state index is -2.06. The van der Waals surface area contributed by atoms with E-state index in [1.165, 1.54) is 13.8 Å². The standard InChI is InChI=1S/C32H55NO24/c1-7-14(38)18(42)21(45)29(49-7)55-25-13(33-9(3)37)28(48)51-12(6-36)24(25)54-32-27(57-30-22(46)19(43)15(39)8(2)50-30)26(17(41)11(5-35)53-32)56-31-23(47)20(44)16(40)10(4-34)52-31/h7-8,10-32,34-36,38-48H,4-6H2,1-3H3,(H,33,37)/t7-,8-,10+,11+,12+,13+,14+,15+,16-,17-,18+,19+,20-,21-,22-,23+,24+,25+,26-,27+,28?,29-,30-,31+,32-/m0/s1. The number of carbonyl (C=O) groups is 1. The van der Waals surface area contributed by atoms with Crippen LogP contribution >= 0.6 is 0 Å². The topological polar surface area (TPSA) is 395 Å². The quantitative estimate of drug-likeness (QED) is 0.0867. The largest absolute Gasteiger partial charge is 0.394 e. The van der Waals surface area contributed by atoms with Crippen LogP contribution < -0.4 is 5.32 Å². The molecule has 0 spiro atoms. The van der Waals surface area contributed by atoms with Crippen LogP contribution in [0.25, 0.3) is 0 Å². The summed E-state index contributed by atoms with van der Waals surface area (Å²) in [5.74, 6) is -0.753. The van der Waals surface area contributed by atoms with Crippen LogP contribution in [0.3, 0.4) is 0 Å². The minimum Gasteiger partial charge on any atom is -0.394 e. The van der Waals surface area contributed by atoms with E-state index in [9.17, 15) is 76.3 Å². The van der Waals surface area contributed by atoms with Gasteiger partial charge in [-0.05, 0) is 13.8 Å². The Morgan fingerprint density at radius 3 is 1.35 bits per heavy atom. The van der Waals surface area contributed by atoms with E-state index in [4.69, 9.17) is 42.6 Å². The van der Waals surface area contributed by atoms with Crippen LogP contribution in [0.5, 0.6) is 0 Å². The molecule has 5 saturated heterocycles. The maximum absolute atomic E-state index is 12.3. The molecule has 0 radical (unpaired) electrons. The maximum Gasteiger partial charge on any atom is 0.217 e. The zero-order chi connectivity index (χ0) is 42.2. The molecule has 0 aliphatic carbocycles. The molecular weight excluding hydrogens is 782 g/mol. The van der Waals surface area contributed by atoms with Gasteiger partial charge in [-0.25, -0.2) is 0 Å². The Morgan fingerprint density at radius 2 is 0.860 bits per heavy atom. The van der Waals surface area contributed by atoms with E-state index in [1.807, 2.05) is 0 Å². The average molecular weight is 838 g/mol. The number of aliphatic hydroxyl groups is 14. The predicted molar refractivity (Wildman–Crippen MR) is 175 cm³/mol. The van der Waals surface area contributed by atoms with E-state index in [-0.39, 0.29) is 0 Å². The van der Waals surface area contributed by atoms with Gasteiger partial charge in [-0.3, -0.25) is 4.79 Å². The third-order valence-electron chi connectivity index (χ3n) is 10.6. The zero-order valence-electron chi connectivity index (χ0n) is 30.9. The molecule has 15 N–H and O–H groups in total. The lowest BCUT2D eigenvalue weighted by atomic mass is 9.94. The van der Waals surface area contributed by atoms with Gasteiger partial charge in [-0.1, -0.05) is 0 Å². The SMILES string of the molecule is CC(=O)N[C@H]1C(O)O[C@H](CO)[C@@H](O[C@@H]2O[C@H](CO)[C@H](O)[C@H](O[C@H]3O[C@H](CO)[C@H](O)[C@H](O)[C@H]3O)[C@H]2O[C@@H]2O[C@@H](C)[C@@H](O)[C@@H](O)[C@@H]2O)[C@@H]1O[C@@H]1O[C@@H](C)[C@@H](O)[C@@H](O)[C@@H]1O. The Balaban J connectivity index is 1.56. The van der Waals surface area contributed by atoms with Gasteiger partial charge < -0.3 is 119 Å². The number of hydrogen-bond donors (Lipinski definition) is 15. The number of hydrogen-bond acceptors (Lipinski definition) is 24. The second-order valence-corrected chi connectivity index (χ2v) is 14.7. The van der Waals surface area contributed by atoms with Crippen LogP contribution in [0.1, 0.15) is 20.8 Å². The second-order valence-electron chi connectivity index (χ2n) is 14.7. The Bertz CT molecular complexity index is 1290. The van der Waals surface area contributed by atoms with Crippen molar-refractivity contribution in [3.63, 3.8) is 0 Å². The molecule has 5 rings (SSSR count). The molecule has 0 saturated carbocycles. The van der Waals surface area contributed by atoms with Crippen LogP contribution in [0.2, 0.25) is 0 Å². The molecular formula is C32H55NO24. The first-order chi connectivity index (χ1) is 26.8. The summed E-state index contributed by atoms with van der Waals surface area (Å²) in [7, 11) is 0. The number of carbonyl (C=O) groups excluding carboxylic acids is 1. The highest BCUT2D eigenvalue weighted by Gasteiger charge is 2.58. The lowest BCUT2D eigenvalue weighted by Crippen LogP contribution is -2.70. The summed E-state index contributed by atoms with van der Waals surface area (Å²) in [4.78, 5) is 12.3. The maximum atomic E-state index is 12.3. The minimum absolute atomic E-state index is 0.753. The van der Waals surface area contributed by atoms with Crippen molar-refractivity contribution in [1.29, 1.82) is 0 Å². The summed E-state index contributed by atoms with van der Waals surface area (Å²) in [5, 5.41) is 150. The predicted octanol–water partition coefficient (Wildman–Crippen LogP) is -9.73. The summed E-state index contributed by atoms with van der Waals surface area (Å²) >= 11 is 0. The molecule has 0 bridgehead atoms. The Labute approximate surface area is 324 Å². The monoisotopic (exact) mass is 837 g/mol. The molecule has 5 aliphatic heterocycles. The van der Waals surface area contributed by atoms with Crippen molar-refractivity contribution in [3.8, 4) is 0 Å². The Morgan fingerprint density at radius 1 is 0.456 bits per heavy atom. The van der Waals surface area contributed by atoms with Crippen molar-refractivity contribution >= 4 is 5.91 Å². The molecule has 1 amide bonds. The third kappa shape index (κ3) is 9.71. The van der Waals surface area contributed by atoms with Gasteiger partial charge in [0.15, 0.2) is 31.5 Å². The number of rotatable bonds is 12. The van der Waals surface area contributed by atoms with Crippen LogP contribution in [0.4, 0.5) is 0 Å². The van der Waals surface area contributed by atoms with Gasteiger partial charge >= 0.3 is 0 Å². The van der Waals surface area contributed by atoms with Crippen LogP contribution in [0.15, 0.2) is 0 Å². The summed E-state index contributed by atoms with van der Waals surface area (Å²) in [6.45, 7) is 0.909. The van der Waals surface area contributed by atoms with Gasteiger partial charge in [0.1, 0.15) is 110 Å². The molecule has 25 heteroatoms. The van der Waals surface area contributed by atoms with Gasteiger partial charge in [0.2, 0.25) is 5.91 Å². The molecule has 0 aromatic carbocycles. The highest BCUT2D eigenvalue weighted by molar-refractivity contribution is 5.73. The Kier molecular flexibility index (Phi) is 16.0. The second kappa shape index (κ2) is 19.5. The Hall–Kier alpha value is -1.45. The van der Waals surface area contributed by atoms with Gasteiger partial charge in [0.25, 0.3) is 0 Å². The highest BCUT2D eigenvalue weighted by atomic mass is 16.8.